The van der Waals surface area contributed by atoms with E-state index in [2.05, 4.69) is 10.8 Å². The zero-order valence-corrected chi connectivity index (χ0v) is 24.3. The molecule has 1 aliphatic heterocycles. The molecule has 1 N–H and O–H groups in total. The predicted molar refractivity (Wildman–Crippen MR) is 154 cm³/mol. The molecule has 0 aliphatic carbocycles. The van der Waals surface area contributed by atoms with Crippen LogP contribution in [0.5, 0.6) is 0 Å². The van der Waals surface area contributed by atoms with E-state index >= 15 is 0 Å². The van der Waals surface area contributed by atoms with E-state index in [4.69, 9.17) is 9.47 Å². The number of allylic oxidation sites excluding steroid dienone is 1. The Morgan fingerprint density at radius 3 is 2.56 bits per heavy atom. The van der Waals surface area contributed by atoms with Gasteiger partial charge < -0.3 is 14.4 Å². The minimum atomic E-state index is -3.45. The Labute approximate surface area is 232 Å². The van der Waals surface area contributed by atoms with E-state index in [9.17, 15) is 18.0 Å². The van der Waals surface area contributed by atoms with E-state index in [0.29, 0.717) is 32.2 Å². The maximum Gasteiger partial charge on any atom is 0.410 e. The van der Waals surface area contributed by atoms with Crippen molar-refractivity contribution in [3.63, 3.8) is 0 Å². The standard InChI is InChI=1S/C30H40N2O6S/c1-6-39(35,36)31-26-18-19-32(29(34)38-30(2,3)4)27(26)21-22-12-11-15-24(20-22)25-16-9-7-13-23(25)14-8-10-17-28(33)37-5/h7-9,11-16,20,26-27,31H,6,10,17-19,21H2,1-5H3/b14-8+. The third-order valence-electron chi connectivity index (χ3n) is 6.57. The monoisotopic (exact) mass is 556 g/mol. The summed E-state index contributed by atoms with van der Waals surface area (Å²) in [5, 5.41) is 0. The summed E-state index contributed by atoms with van der Waals surface area (Å²) >= 11 is 0. The molecule has 0 radical (unpaired) electrons. The summed E-state index contributed by atoms with van der Waals surface area (Å²) in [6.45, 7) is 7.46. The Hall–Kier alpha value is -3.17. The smallest absolute Gasteiger partial charge is 0.410 e. The number of sulfonamides is 1. The third kappa shape index (κ3) is 8.93. The molecule has 1 fully saturated rings. The molecule has 0 spiro atoms. The van der Waals surface area contributed by atoms with Gasteiger partial charge in [0.05, 0.1) is 18.9 Å². The number of methoxy groups -OCH3 is 1. The van der Waals surface area contributed by atoms with Gasteiger partial charge in [0, 0.05) is 19.0 Å². The first kappa shape index (κ1) is 30.4. The van der Waals surface area contributed by atoms with Crippen LogP contribution in [0.25, 0.3) is 17.2 Å². The first-order valence-corrected chi connectivity index (χ1v) is 15.0. The molecule has 9 heteroatoms. The second-order valence-electron chi connectivity index (χ2n) is 10.7. The normalized spacial score (nSPS) is 17.9. The van der Waals surface area contributed by atoms with Gasteiger partial charge in [-0.1, -0.05) is 60.7 Å². The summed E-state index contributed by atoms with van der Waals surface area (Å²) < 4.78 is 38.0. The van der Waals surface area contributed by atoms with Crippen LogP contribution < -0.4 is 4.72 Å². The first-order valence-electron chi connectivity index (χ1n) is 13.3. The molecule has 2 aromatic rings. The van der Waals surface area contributed by atoms with Gasteiger partial charge in [-0.3, -0.25) is 4.79 Å². The molecular weight excluding hydrogens is 516 g/mol. The molecule has 0 aromatic heterocycles. The fourth-order valence-electron chi connectivity index (χ4n) is 4.63. The van der Waals surface area contributed by atoms with Gasteiger partial charge in [0.1, 0.15) is 5.60 Å². The van der Waals surface area contributed by atoms with Crippen molar-refractivity contribution in [2.45, 2.75) is 71.1 Å². The van der Waals surface area contributed by atoms with E-state index in [-0.39, 0.29) is 17.8 Å². The van der Waals surface area contributed by atoms with Gasteiger partial charge >= 0.3 is 12.1 Å². The Balaban J connectivity index is 1.87. The van der Waals surface area contributed by atoms with Gasteiger partial charge in [0.2, 0.25) is 10.0 Å². The van der Waals surface area contributed by atoms with Crippen LogP contribution in [0.1, 0.15) is 58.1 Å². The molecule has 8 nitrogen and oxygen atoms in total. The number of esters is 1. The number of amides is 1. The maximum atomic E-state index is 13.1. The van der Waals surface area contributed by atoms with Crippen LogP contribution in [0.15, 0.2) is 54.6 Å². The topological polar surface area (TPSA) is 102 Å². The summed E-state index contributed by atoms with van der Waals surface area (Å²) in [6, 6.07) is 15.3. The molecule has 1 saturated heterocycles. The van der Waals surface area contributed by atoms with Crippen molar-refractivity contribution in [2.24, 2.45) is 0 Å². The third-order valence-corrected chi connectivity index (χ3v) is 7.99. The molecule has 212 valence electrons. The Morgan fingerprint density at radius 1 is 1.13 bits per heavy atom. The van der Waals surface area contributed by atoms with Crippen LogP contribution in [-0.2, 0) is 30.7 Å². The highest BCUT2D eigenvalue weighted by Gasteiger charge is 2.40. The molecule has 0 saturated carbocycles. The summed E-state index contributed by atoms with van der Waals surface area (Å²) in [4.78, 5) is 26.1. The molecule has 2 atom stereocenters. The zero-order chi connectivity index (χ0) is 28.6. The quantitative estimate of drug-likeness (QED) is 0.405. The van der Waals surface area contributed by atoms with Gasteiger partial charge in [0.15, 0.2) is 0 Å². The van der Waals surface area contributed by atoms with E-state index in [1.54, 1.807) is 11.8 Å². The number of hydrogen-bond acceptors (Lipinski definition) is 6. The average Bonchev–Trinajstić information content (AvgIpc) is 3.27. The Kier molecular flexibility index (Phi) is 10.3. The lowest BCUT2D eigenvalue weighted by Gasteiger charge is -2.31. The van der Waals surface area contributed by atoms with Crippen molar-refractivity contribution in [3.05, 3.63) is 65.7 Å². The number of nitrogens with zero attached hydrogens (tertiary/aromatic N) is 1. The Bertz CT molecular complexity index is 1280. The Morgan fingerprint density at radius 2 is 1.87 bits per heavy atom. The van der Waals surface area contributed by atoms with E-state index < -0.39 is 27.8 Å². The molecule has 39 heavy (non-hydrogen) atoms. The highest BCUT2D eigenvalue weighted by Crippen LogP contribution is 2.29. The predicted octanol–water partition coefficient (Wildman–Crippen LogP) is 5.18. The maximum absolute atomic E-state index is 13.1. The number of rotatable bonds is 10. The fourth-order valence-corrected chi connectivity index (χ4v) is 5.53. The summed E-state index contributed by atoms with van der Waals surface area (Å²) in [7, 11) is -2.07. The number of carbonyl (C=O) groups is 2. The van der Waals surface area contributed by atoms with Gasteiger partial charge in [-0.05, 0) is 69.2 Å². The highest BCUT2D eigenvalue weighted by atomic mass is 32.2. The molecule has 0 bridgehead atoms. The van der Waals surface area contributed by atoms with Crippen molar-refractivity contribution >= 4 is 28.2 Å². The molecule has 2 aromatic carbocycles. The average molecular weight is 557 g/mol. The molecule has 1 amide bonds. The number of benzene rings is 2. The molecule has 3 rings (SSSR count). The highest BCUT2D eigenvalue weighted by molar-refractivity contribution is 7.89. The molecule has 1 aliphatic rings. The summed E-state index contributed by atoms with van der Waals surface area (Å²) in [5.41, 5.74) is 3.39. The minimum Gasteiger partial charge on any atom is -0.469 e. The van der Waals surface area contributed by atoms with Gasteiger partial charge in [0.25, 0.3) is 0 Å². The van der Waals surface area contributed by atoms with Crippen LogP contribution in [0, 0.1) is 0 Å². The SMILES string of the molecule is CCS(=O)(=O)NC1CCN(C(=O)OC(C)(C)C)C1Cc1cccc(-c2ccccc2/C=C/CCC(=O)OC)c1. The van der Waals surface area contributed by atoms with Crippen molar-refractivity contribution in [1.29, 1.82) is 0 Å². The number of hydrogen-bond donors (Lipinski definition) is 1. The largest absolute Gasteiger partial charge is 0.469 e. The van der Waals surface area contributed by atoms with Crippen LogP contribution >= 0.6 is 0 Å². The van der Waals surface area contributed by atoms with Crippen molar-refractivity contribution < 1.29 is 27.5 Å². The van der Waals surface area contributed by atoms with Crippen LogP contribution in [0.2, 0.25) is 0 Å². The lowest BCUT2D eigenvalue weighted by atomic mass is 9.94. The molecule has 2 unspecified atom stereocenters. The fraction of sp³-hybridized carbons (Fsp3) is 0.467. The molecular formula is C30H40N2O6S. The zero-order valence-electron chi connectivity index (χ0n) is 23.5. The number of ether oxygens (including phenoxy) is 2. The van der Waals surface area contributed by atoms with Crippen LogP contribution in [-0.4, -0.2) is 62.5 Å². The minimum absolute atomic E-state index is 0.0257. The first-order chi connectivity index (χ1) is 18.4. The molecule has 1 heterocycles. The van der Waals surface area contributed by atoms with E-state index in [0.717, 1.165) is 22.3 Å². The van der Waals surface area contributed by atoms with E-state index in [1.807, 2.05) is 75.4 Å². The number of nitrogens with one attached hydrogen (secondary N) is 1. The van der Waals surface area contributed by atoms with E-state index in [1.165, 1.54) is 7.11 Å². The lowest BCUT2D eigenvalue weighted by molar-refractivity contribution is -0.140. The summed E-state index contributed by atoms with van der Waals surface area (Å²) in [6.07, 6.45) is 5.41. The van der Waals surface area contributed by atoms with Crippen LogP contribution in [0.3, 0.4) is 0 Å². The van der Waals surface area contributed by atoms with Crippen molar-refractivity contribution in [3.8, 4) is 11.1 Å². The van der Waals surface area contributed by atoms with Crippen molar-refractivity contribution in [1.82, 2.24) is 9.62 Å². The summed E-state index contributed by atoms with van der Waals surface area (Å²) in [5.74, 6) is -0.269. The van der Waals surface area contributed by atoms with Crippen LogP contribution in [0.4, 0.5) is 4.79 Å². The van der Waals surface area contributed by atoms with Gasteiger partial charge in [-0.2, -0.15) is 0 Å². The van der Waals surface area contributed by atoms with Gasteiger partial charge in [-0.15, -0.1) is 0 Å². The van der Waals surface area contributed by atoms with Gasteiger partial charge in [-0.25, -0.2) is 17.9 Å². The second-order valence-corrected chi connectivity index (χ2v) is 12.7. The second kappa shape index (κ2) is 13.3. The number of carbonyl (C=O) groups excluding carboxylic acids is 2. The lowest BCUT2D eigenvalue weighted by Crippen LogP contribution is -2.49. The number of likely N-dealkylation sites (tertiary alicyclic amines) is 1. The van der Waals surface area contributed by atoms with Crippen molar-refractivity contribution in [2.75, 3.05) is 19.4 Å².